The molecule has 0 saturated heterocycles. The minimum absolute atomic E-state index is 0.0117. The van der Waals surface area contributed by atoms with Gasteiger partial charge < -0.3 is 15.4 Å². The molecule has 7 nitrogen and oxygen atoms in total. The van der Waals surface area contributed by atoms with Crippen molar-refractivity contribution in [1.82, 2.24) is 9.99 Å². The lowest BCUT2D eigenvalue weighted by Gasteiger charge is -2.17. The molecule has 3 rings (SSSR count). The fraction of sp³-hybridized carbons (Fsp3) is 0.200. The van der Waals surface area contributed by atoms with E-state index in [1.54, 1.807) is 30.5 Å². The third kappa shape index (κ3) is 6.23. The Balaban J connectivity index is 1.95. The highest BCUT2D eigenvalue weighted by Crippen LogP contribution is 2.36. The zero-order chi connectivity index (χ0) is 24.7. The van der Waals surface area contributed by atoms with Crippen molar-refractivity contribution in [2.24, 2.45) is 5.84 Å². The number of ether oxygens (including phenoxy) is 1. The molecular weight excluding hydrogens is 457 g/mol. The number of halogens is 2. The average Bonchev–Trinajstić information content (AvgIpc) is 2.79. The molecule has 0 unspecified atom stereocenters. The smallest absolute Gasteiger partial charge is 0.248 e. The van der Waals surface area contributed by atoms with Crippen molar-refractivity contribution in [3.05, 3.63) is 65.1 Å². The van der Waals surface area contributed by atoms with Crippen LogP contribution in [0.4, 0.5) is 21.5 Å². The number of nitrogens with zero attached hydrogens (tertiary/aromatic N) is 2. The van der Waals surface area contributed by atoms with Gasteiger partial charge in [-0.2, -0.15) is 0 Å². The first-order chi connectivity index (χ1) is 16.3. The molecule has 0 aliphatic heterocycles. The van der Waals surface area contributed by atoms with E-state index < -0.39 is 5.82 Å². The van der Waals surface area contributed by atoms with Gasteiger partial charge in [-0.1, -0.05) is 23.6 Å². The molecular formula is C25H25ClFN5O2. The number of carbonyl (C=O) groups is 1. The highest BCUT2D eigenvalue weighted by Gasteiger charge is 2.14. The van der Waals surface area contributed by atoms with E-state index in [0.717, 1.165) is 16.6 Å². The highest BCUT2D eigenvalue weighted by molar-refractivity contribution is 6.31. The first-order valence-electron chi connectivity index (χ1n) is 10.5. The maximum absolute atomic E-state index is 13.6. The van der Waals surface area contributed by atoms with Gasteiger partial charge >= 0.3 is 0 Å². The van der Waals surface area contributed by atoms with Crippen LogP contribution in [0.5, 0.6) is 5.75 Å². The molecule has 0 fully saturated rings. The monoisotopic (exact) mass is 481 g/mol. The van der Waals surface area contributed by atoms with E-state index in [-0.39, 0.29) is 17.5 Å². The zero-order valence-corrected chi connectivity index (χ0v) is 19.6. The number of hydrogen-bond acceptors (Lipinski definition) is 6. The molecule has 9 heteroatoms. The van der Waals surface area contributed by atoms with Crippen molar-refractivity contribution in [2.75, 3.05) is 30.3 Å². The minimum Gasteiger partial charge on any atom is -0.492 e. The molecule has 34 heavy (non-hydrogen) atoms. The second-order valence-corrected chi connectivity index (χ2v) is 7.80. The molecule has 3 aromatic rings. The fourth-order valence-corrected chi connectivity index (χ4v) is 3.41. The van der Waals surface area contributed by atoms with Crippen LogP contribution in [0.1, 0.15) is 12.5 Å². The van der Waals surface area contributed by atoms with E-state index in [1.807, 2.05) is 13.8 Å². The fourth-order valence-electron chi connectivity index (χ4n) is 3.23. The summed E-state index contributed by atoms with van der Waals surface area (Å²) in [7, 11) is 0. The van der Waals surface area contributed by atoms with E-state index in [1.165, 1.54) is 23.2 Å². The Labute approximate surface area is 202 Å². The Morgan fingerprint density at radius 1 is 1.38 bits per heavy atom. The first-order valence-corrected chi connectivity index (χ1v) is 10.9. The topological polar surface area (TPSA) is 92.5 Å². The molecule has 2 aromatic carbocycles. The predicted molar refractivity (Wildman–Crippen MR) is 135 cm³/mol. The Hall–Kier alpha value is -3.64. The summed E-state index contributed by atoms with van der Waals surface area (Å²) < 4.78 is 19.3. The zero-order valence-electron chi connectivity index (χ0n) is 18.9. The summed E-state index contributed by atoms with van der Waals surface area (Å²) in [5.41, 5.74) is 3.35. The van der Waals surface area contributed by atoms with Crippen LogP contribution < -0.4 is 21.2 Å². The molecule has 1 aromatic heterocycles. The Bertz CT molecular complexity index is 1270. The molecule has 0 saturated carbocycles. The van der Waals surface area contributed by atoms with Crippen LogP contribution in [0.2, 0.25) is 5.02 Å². The molecule has 0 bridgehead atoms. The van der Waals surface area contributed by atoms with Crippen LogP contribution in [0.25, 0.3) is 10.9 Å². The number of nitrogens with two attached hydrogens (primary N) is 1. The van der Waals surface area contributed by atoms with Crippen molar-refractivity contribution in [3.63, 3.8) is 0 Å². The number of carbonyl (C=O) groups excluding carboxylic acids is 1. The lowest BCUT2D eigenvalue weighted by atomic mass is 10.1. The van der Waals surface area contributed by atoms with Crippen LogP contribution in [0.3, 0.4) is 0 Å². The van der Waals surface area contributed by atoms with Gasteiger partial charge in [0.05, 0.1) is 35.1 Å². The SMILES string of the molecule is C#CCN(N)C/C=C/C(=O)Nc1cc2c(Nc3ccc(F)c(Cl)c3)c(C)cnc2cc1OCC. The summed E-state index contributed by atoms with van der Waals surface area (Å²) in [6.45, 7) is 4.75. The van der Waals surface area contributed by atoms with Gasteiger partial charge in [0.15, 0.2) is 0 Å². The van der Waals surface area contributed by atoms with E-state index >= 15 is 0 Å². The van der Waals surface area contributed by atoms with Gasteiger partial charge in [-0.25, -0.2) is 9.40 Å². The molecule has 0 radical (unpaired) electrons. The second kappa shape index (κ2) is 11.5. The number of amides is 1. The molecule has 1 amide bonds. The number of aryl methyl sites for hydroxylation is 1. The number of pyridine rings is 1. The van der Waals surface area contributed by atoms with Gasteiger partial charge in [0.2, 0.25) is 5.91 Å². The summed E-state index contributed by atoms with van der Waals surface area (Å²) >= 11 is 5.94. The predicted octanol–water partition coefficient (Wildman–Crippen LogP) is 4.78. The standard InChI is InChI=1S/C25H25ClFN5O2/c1-4-10-32(28)11-6-7-24(33)31-22-13-18-21(14-23(22)34-5-2)29-15-16(3)25(18)30-17-8-9-20(27)19(26)12-17/h1,6-9,12-15H,5,10-11,28H2,2-3H3,(H,29,30)(H,31,33)/b7-6+. The molecule has 1 heterocycles. The number of terminal acetylenes is 1. The first kappa shape index (κ1) is 25.0. The van der Waals surface area contributed by atoms with Crippen LogP contribution in [0, 0.1) is 25.1 Å². The molecule has 0 aliphatic carbocycles. The number of hydrogen-bond donors (Lipinski definition) is 3. The Morgan fingerprint density at radius 2 is 2.18 bits per heavy atom. The van der Waals surface area contributed by atoms with E-state index in [9.17, 15) is 9.18 Å². The lowest BCUT2D eigenvalue weighted by Crippen LogP contribution is -2.31. The van der Waals surface area contributed by atoms with Crippen molar-refractivity contribution in [2.45, 2.75) is 13.8 Å². The summed E-state index contributed by atoms with van der Waals surface area (Å²) in [5, 5.41) is 8.28. The number of benzene rings is 2. The van der Waals surface area contributed by atoms with Crippen molar-refractivity contribution in [3.8, 4) is 18.1 Å². The molecule has 0 spiro atoms. The summed E-state index contributed by atoms with van der Waals surface area (Å²) in [6.07, 6.45) is 9.94. The van der Waals surface area contributed by atoms with Gasteiger partial charge in [0.25, 0.3) is 0 Å². The molecule has 0 atom stereocenters. The van der Waals surface area contributed by atoms with Crippen LogP contribution in [0.15, 0.2) is 48.7 Å². The van der Waals surface area contributed by atoms with Crippen LogP contribution in [-0.4, -0.2) is 35.6 Å². The van der Waals surface area contributed by atoms with E-state index in [4.69, 9.17) is 28.6 Å². The quantitative estimate of drug-likeness (QED) is 0.176. The third-order valence-corrected chi connectivity index (χ3v) is 5.10. The van der Waals surface area contributed by atoms with Crippen LogP contribution >= 0.6 is 11.6 Å². The summed E-state index contributed by atoms with van der Waals surface area (Å²) in [6, 6.07) is 7.93. The second-order valence-electron chi connectivity index (χ2n) is 7.39. The van der Waals surface area contributed by atoms with Gasteiger partial charge in [-0.05, 0) is 43.7 Å². The van der Waals surface area contributed by atoms with Gasteiger partial charge in [-0.3, -0.25) is 15.6 Å². The largest absolute Gasteiger partial charge is 0.492 e. The number of hydrazine groups is 1. The number of fused-ring (bicyclic) bond motifs is 1. The van der Waals surface area contributed by atoms with Gasteiger partial charge in [0.1, 0.15) is 11.6 Å². The van der Waals surface area contributed by atoms with Crippen LogP contribution in [-0.2, 0) is 4.79 Å². The highest BCUT2D eigenvalue weighted by atomic mass is 35.5. The average molecular weight is 482 g/mol. The van der Waals surface area contributed by atoms with E-state index in [0.29, 0.717) is 35.8 Å². The number of anilines is 3. The Morgan fingerprint density at radius 3 is 2.88 bits per heavy atom. The number of nitrogens with one attached hydrogen (secondary N) is 2. The van der Waals surface area contributed by atoms with Crippen molar-refractivity contribution < 1.29 is 13.9 Å². The Kier molecular flexibility index (Phi) is 8.44. The number of aromatic nitrogens is 1. The van der Waals surface area contributed by atoms with E-state index in [2.05, 4.69) is 21.5 Å². The molecule has 176 valence electrons. The molecule has 0 aliphatic rings. The van der Waals surface area contributed by atoms with Gasteiger partial charge in [0, 0.05) is 36.0 Å². The third-order valence-electron chi connectivity index (χ3n) is 4.81. The maximum Gasteiger partial charge on any atom is 0.248 e. The van der Waals surface area contributed by atoms with Crippen molar-refractivity contribution >= 4 is 45.5 Å². The van der Waals surface area contributed by atoms with Crippen molar-refractivity contribution in [1.29, 1.82) is 0 Å². The summed E-state index contributed by atoms with van der Waals surface area (Å²) in [4.78, 5) is 17.0. The molecule has 4 N–H and O–H groups in total. The summed E-state index contributed by atoms with van der Waals surface area (Å²) in [5.74, 6) is 7.77. The normalized spacial score (nSPS) is 11.1. The maximum atomic E-state index is 13.6. The minimum atomic E-state index is -0.500. The lowest BCUT2D eigenvalue weighted by molar-refractivity contribution is -0.111. The van der Waals surface area contributed by atoms with Gasteiger partial charge in [-0.15, -0.1) is 6.42 Å². The number of rotatable bonds is 9.